The van der Waals surface area contributed by atoms with Crippen molar-refractivity contribution in [3.63, 3.8) is 0 Å². The van der Waals surface area contributed by atoms with Crippen molar-refractivity contribution in [1.82, 2.24) is 63.0 Å². The van der Waals surface area contributed by atoms with E-state index in [1.54, 1.807) is 0 Å². The number of carbonyl (C=O) groups is 12. The molecular weight excluding hydrogens is 796 g/mol. The average Bonchev–Trinajstić information content (AvgIpc) is 3.94. The van der Waals surface area contributed by atoms with Gasteiger partial charge in [-0.05, 0) is 25.7 Å². The second kappa shape index (κ2) is 22.7. The van der Waals surface area contributed by atoms with Gasteiger partial charge in [0, 0.05) is 19.6 Å². The number of fused-ring (bicyclic) bond motifs is 1. The third-order valence-electron chi connectivity index (χ3n) is 10.00. The fourth-order valence-electron chi connectivity index (χ4n) is 6.81. The quantitative estimate of drug-likeness (QED) is 0.117. The second-order valence-corrected chi connectivity index (χ2v) is 14.4. The first kappa shape index (κ1) is 46.3. The minimum atomic E-state index is -1.41. The van der Waals surface area contributed by atoms with E-state index in [2.05, 4.69) is 53.2 Å². The zero-order valence-corrected chi connectivity index (χ0v) is 33.0. The summed E-state index contributed by atoms with van der Waals surface area (Å²) in [6.07, 6.45) is 1.80. The number of hydrogen-bond acceptors (Lipinski definition) is 13. The lowest BCUT2D eigenvalue weighted by molar-refractivity contribution is -0.142. The smallest absolute Gasteiger partial charge is 0.246 e. The first-order valence-corrected chi connectivity index (χ1v) is 19.6. The van der Waals surface area contributed by atoms with Crippen LogP contribution in [0.4, 0.5) is 0 Å². The molecular formula is C35H52N12O13. The van der Waals surface area contributed by atoms with E-state index in [4.69, 9.17) is 4.74 Å². The third kappa shape index (κ3) is 14.5. The molecule has 0 radical (unpaired) electrons. The van der Waals surface area contributed by atoms with E-state index in [1.165, 1.54) is 9.80 Å². The summed E-state index contributed by atoms with van der Waals surface area (Å²) >= 11 is 0. The standard InChI is InChI=1S/C35H52N12O13/c48-23-12-21(33(58)46-8-10-60-11-9-46)44-30(55)19-43-34(59)35(5-1-2-6-35)45-32(57)22-4-3-7-47(22)31(56)20-42-29(54)18-41-28(53)17-40-27(52)16-39-26(51)15-38-25(50)14-37-24(49)13-36-23/h21-22H,1-20H2,(H,36,48)(H,37,49)(H,38,50)(H,39,51)(H,40,52)(H,41,53)(H,42,54)(H,43,59)(H,44,55)(H,45,57). The highest BCUT2D eigenvalue weighted by Gasteiger charge is 2.45. The lowest BCUT2D eigenvalue weighted by Crippen LogP contribution is -2.62. The Morgan fingerprint density at radius 1 is 0.533 bits per heavy atom. The monoisotopic (exact) mass is 848 g/mol. The van der Waals surface area contributed by atoms with Crippen molar-refractivity contribution >= 4 is 70.9 Å². The van der Waals surface area contributed by atoms with Gasteiger partial charge in [0.25, 0.3) is 0 Å². The Hall–Kier alpha value is -6.40. The largest absolute Gasteiger partial charge is 0.378 e. The van der Waals surface area contributed by atoms with Crippen LogP contribution in [0.25, 0.3) is 0 Å². The number of morpholine rings is 1. The topological polar surface area (TPSA) is 341 Å². The van der Waals surface area contributed by atoms with Gasteiger partial charge in [-0.25, -0.2) is 0 Å². The highest BCUT2D eigenvalue weighted by atomic mass is 16.5. The Morgan fingerprint density at radius 3 is 1.48 bits per heavy atom. The van der Waals surface area contributed by atoms with Gasteiger partial charge in [0.05, 0.1) is 72.0 Å². The molecule has 0 aromatic heterocycles. The SMILES string of the molecule is O=C1CNC(=O)CNC(=O)CNC(=O)CC(C(=O)N2CCOCC2)NC(=O)CNC(=O)C2(CCCC2)NC(=O)C2CCCN2C(=O)CNC(=O)CNC(=O)CNC(=O)CN1. The van der Waals surface area contributed by atoms with Gasteiger partial charge in [0.2, 0.25) is 70.9 Å². The summed E-state index contributed by atoms with van der Waals surface area (Å²) in [6, 6.07) is -2.36. The predicted molar refractivity (Wildman–Crippen MR) is 202 cm³/mol. The zero-order chi connectivity index (χ0) is 43.7. The number of ether oxygens (including phenoxy) is 1. The number of carbonyl (C=O) groups excluding carboxylic acids is 12. The van der Waals surface area contributed by atoms with E-state index in [1.807, 2.05) is 0 Å². The molecule has 1 aliphatic carbocycles. The van der Waals surface area contributed by atoms with Crippen LogP contribution in [0.3, 0.4) is 0 Å². The number of amides is 12. The molecule has 10 N–H and O–H groups in total. The van der Waals surface area contributed by atoms with Gasteiger partial charge < -0.3 is 67.7 Å². The van der Waals surface area contributed by atoms with Crippen LogP contribution in [0.1, 0.15) is 44.9 Å². The highest BCUT2D eigenvalue weighted by Crippen LogP contribution is 2.31. The van der Waals surface area contributed by atoms with Crippen molar-refractivity contribution in [3.8, 4) is 0 Å². The number of nitrogens with one attached hydrogen (secondary N) is 10. The molecule has 60 heavy (non-hydrogen) atoms. The van der Waals surface area contributed by atoms with E-state index in [0.717, 1.165) is 0 Å². The molecule has 330 valence electrons. The summed E-state index contributed by atoms with van der Waals surface area (Å²) < 4.78 is 5.29. The number of hydrogen-bond donors (Lipinski definition) is 10. The van der Waals surface area contributed by atoms with Crippen LogP contribution < -0.4 is 53.2 Å². The zero-order valence-electron chi connectivity index (χ0n) is 33.0. The van der Waals surface area contributed by atoms with Gasteiger partial charge in [-0.15, -0.1) is 0 Å². The Labute approximate surface area is 343 Å². The molecule has 0 bridgehead atoms. The number of rotatable bonds is 1. The molecule has 25 heteroatoms. The van der Waals surface area contributed by atoms with Gasteiger partial charge in [-0.2, -0.15) is 0 Å². The molecule has 3 saturated heterocycles. The molecule has 25 nitrogen and oxygen atoms in total. The lowest BCUT2D eigenvalue weighted by Gasteiger charge is -2.32. The Kier molecular flexibility index (Phi) is 17.5. The second-order valence-electron chi connectivity index (χ2n) is 14.4. The van der Waals surface area contributed by atoms with Crippen molar-refractivity contribution in [3.05, 3.63) is 0 Å². The maximum absolute atomic E-state index is 13.6. The Morgan fingerprint density at radius 2 is 0.983 bits per heavy atom. The maximum atomic E-state index is 13.6. The molecule has 4 fully saturated rings. The summed E-state index contributed by atoms with van der Waals surface area (Å²) in [7, 11) is 0. The molecule has 1 saturated carbocycles. The minimum absolute atomic E-state index is 0.186. The van der Waals surface area contributed by atoms with Gasteiger partial charge >= 0.3 is 0 Å². The average molecular weight is 849 g/mol. The molecule has 4 aliphatic rings. The van der Waals surface area contributed by atoms with E-state index < -0.39 is 147 Å². The highest BCUT2D eigenvalue weighted by molar-refractivity contribution is 5.98. The van der Waals surface area contributed by atoms with Crippen LogP contribution in [-0.4, -0.2) is 184 Å². The van der Waals surface area contributed by atoms with E-state index in [9.17, 15) is 57.5 Å². The molecule has 3 aliphatic heterocycles. The van der Waals surface area contributed by atoms with E-state index in [0.29, 0.717) is 19.3 Å². The maximum Gasteiger partial charge on any atom is 0.246 e. The fourth-order valence-corrected chi connectivity index (χ4v) is 6.81. The van der Waals surface area contributed by atoms with Crippen LogP contribution in [-0.2, 0) is 62.3 Å². The third-order valence-corrected chi connectivity index (χ3v) is 10.00. The molecule has 12 amide bonds. The Bertz CT molecular complexity index is 1700. The van der Waals surface area contributed by atoms with Crippen LogP contribution >= 0.6 is 0 Å². The molecule has 2 atom stereocenters. The fraction of sp³-hybridized carbons (Fsp3) is 0.657. The minimum Gasteiger partial charge on any atom is -0.378 e. The first-order chi connectivity index (χ1) is 28.7. The van der Waals surface area contributed by atoms with Gasteiger partial charge in [-0.1, -0.05) is 12.8 Å². The number of nitrogens with zero attached hydrogens (tertiary/aromatic N) is 2. The van der Waals surface area contributed by atoms with Crippen LogP contribution in [0, 0.1) is 0 Å². The summed E-state index contributed by atoms with van der Waals surface area (Å²) in [4.78, 5) is 156. The van der Waals surface area contributed by atoms with Crippen molar-refractivity contribution in [2.75, 3.05) is 85.2 Å². The summed E-state index contributed by atoms with van der Waals surface area (Å²) in [5.74, 6) is -8.72. The van der Waals surface area contributed by atoms with Gasteiger partial charge in [0.1, 0.15) is 17.6 Å². The van der Waals surface area contributed by atoms with E-state index >= 15 is 0 Å². The predicted octanol–water partition coefficient (Wildman–Crippen LogP) is -7.92. The molecule has 2 unspecified atom stereocenters. The first-order valence-electron chi connectivity index (χ1n) is 19.6. The van der Waals surface area contributed by atoms with E-state index in [-0.39, 0.29) is 52.1 Å². The van der Waals surface area contributed by atoms with Crippen molar-refractivity contribution in [1.29, 1.82) is 0 Å². The van der Waals surface area contributed by atoms with Gasteiger partial charge in [0.15, 0.2) is 0 Å². The Balaban J connectivity index is 1.43. The summed E-state index contributed by atoms with van der Waals surface area (Å²) in [5, 5.41) is 23.7. The normalized spacial score (nSPS) is 24.8. The molecule has 0 aromatic carbocycles. The van der Waals surface area contributed by atoms with Crippen molar-refractivity contribution in [2.24, 2.45) is 0 Å². The molecule has 4 rings (SSSR count). The van der Waals surface area contributed by atoms with Crippen molar-refractivity contribution in [2.45, 2.75) is 62.6 Å². The lowest BCUT2D eigenvalue weighted by atomic mass is 9.95. The molecule has 3 heterocycles. The summed E-state index contributed by atoms with van der Waals surface area (Å²) in [5.41, 5.74) is -1.41. The van der Waals surface area contributed by atoms with Crippen molar-refractivity contribution < 1.29 is 62.3 Å². The van der Waals surface area contributed by atoms with Gasteiger partial charge in [-0.3, -0.25) is 57.5 Å². The summed E-state index contributed by atoms with van der Waals surface area (Å²) in [6.45, 7) is -3.53. The molecule has 0 aromatic rings. The van der Waals surface area contributed by atoms with Crippen LogP contribution in [0.5, 0.6) is 0 Å². The molecule has 1 spiro atoms. The van der Waals surface area contributed by atoms with Crippen LogP contribution in [0.2, 0.25) is 0 Å². The van der Waals surface area contributed by atoms with Crippen LogP contribution in [0.15, 0.2) is 0 Å².